The van der Waals surface area contributed by atoms with Crippen LogP contribution < -0.4 is 15.4 Å². The number of aliphatic hydroxyl groups excluding tert-OH is 2. The van der Waals surface area contributed by atoms with Gasteiger partial charge in [0.25, 0.3) is 0 Å². The van der Waals surface area contributed by atoms with Gasteiger partial charge in [0.05, 0.1) is 12.1 Å². The molecule has 0 radical (unpaired) electrons. The van der Waals surface area contributed by atoms with E-state index in [1.54, 1.807) is 12.1 Å². The first-order valence-electron chi connectivity index (χ1n) is 13.2. The monoisotopic (exact) mass is 513 g/mol. The van der Waals surface area contributed by atoms with Crippen molar-refractivity contribution in [2.75, 3.05) is 13.2 Å². The van der Waals surface area contributed by atoms with Crippen LogP contribution >= 0.6 is 0 Å². The number of carbonyl (C=O) groups is 1. The van der Waals surface area contributed by atoms with Crippen LogP contribution in [0.15, 0.2) is 36.5 Å². The van der Waals surface area contributed by atoms with Crippen LogP contribution in [-0.4, -0.2) is 52.0 Å². The second-order valence-electron chi connectivity index (χ2n) is 12.1. The molecule has 1 saturated carbocycles. The van der Waals surface area contributed by atoms with Crippen molar-refractivity contribution in [2.24, 2.45) is 11.3 Å². The van der Waals surface area contributed by atoms with Gasteiger partial charge in [-0.25, -0.2) is 9.37 Å². The number of rotatable bonds is 9. The fourth-order valence-corrected chi connectivity index (χ4v) is 5.67. The first-order chi connectivity index (χ1) is 17.4. The fourth-order valence-electron chi connectivity index (χ4n) is 5.67. The number of pyridine rings is 1. The summed E-state index contributed by atoms with van der Waals surface area (Å²) in [5.74, 6) is 0.278. The number of hydrogen-bond acceptors (Lipinski definition) is 6. The van der Waals surface area contributed by atoms with Crippen molar-refractivity contribution in [3.05, 3.63) is 59.0 Å². The van der Waals surface area contributed by atoms with Gasteiger partial charge in [-0.2, -0.15) is 0 Å². The van der Waals surface area contributed by atoms with Gasteiger partial charge in [-0.15, -0.1) is 0 Å². The number of carbonyl (C=O) groups excluding carboxylic acids is 1. The highest BCUT2D eigenvalue weighted by Crippen LogP contribution is 2.50. The molecule has 0 bridgehead atoms. The molecule has 1 aromatic carbocycles. The maximum absolute atomic E-state index is 13.3. The topological polar surface area (TPSA) is 104 Å². The smallest absolute Gasteiger partial charge is 0.218 e. The van der Waals surface area contributed by atoms with Crippen molar-refractivity contribution in [1.82, 2.24) is 15.6 Å². The Morgan fingerprint density at radius 1 is 1.22 bits per heavy atom. The summed E-state index contributed by atoms with van der Waals surface area (Å²) in [4.78, 5) is 16.5. The van der Waals surface area contributed by atoms with E-state index in [0.717, 1.165) is 36.0 Å². The van der Waals surface area contributed by atoms with E-state index in [-0.39, 0.29) is 47.9 Å². The zero-order chi connectivity index (χ0) is 26.8. The highest BCUT2D eigenvalue weighted by Gasteiger charge is 2.51. The molecule has 4 rings (SSSR count). The lowest BCUT2D eigenvalue weighted by Gasteiger charge is -2.51. The molecule has 37 heavy (non-hydrogen) atoms. The van der Waals surface area contributed by atoms with E-state index in [9.17, 15) is 19.4 Å². The second-order valence-corrected chi connectivity index (χ2v) is 12.1. The summed E-state index contributed by atoms with van der Waals surface area (Å²) in [5, 5.41) is 27.1. The number of aromatic nitrogens is 1. The van der Waals surface area contributed by atoms with Gasteiger partial charge >= 0.3 is 0 Å². The molecule has 1 spiro atoms. The van der Waals surface area contributed by atoms with Crippen LogP contribution in [0.5, 0.6) is 5.88 Å². The second kappa shape index (κ2) is 11.1. The molecule has 202 valence electrons. The Morgan fingerprint density at radius 3 is 2.54 bits per heavy atom. The summed E-state index contributed by atoms with van der Waals surface area (Å²) in [6.07, 6.45) is 4.53. The molecule has 1 aliphatic heterocycles. The van der Waals surface area contributed by atoms with Crippen LogP contribution in [0.4, 0.5) is 4.39 Å². The minimum Gasteiger partial charge on any atom is -0.471 e. The van der Waals surface area contributed by atoms with Crippen molar-refractivity contribution < 1.29 is 24.1 Å². The number of nitrogens with one attached hydrogen (secondary N) is 2. The molecule has 2 heterocycles. The van der Waals surface area contributed by atoms with Crippen molar-refractivity contribution in [2.45, 2.75) is 83.6 Å². The van der Waals surface area contributed by atoms with Crippen LogP contribution in [0.1, 0.15) is 69.7 Å². The SMILES string of the molecule is CC(=O)N[C@@H](Cc1ccc(F)cc1)[C@H](O)CN[C@H]1C[C@]2(C[C@H](CO)C2)Oc2ncc(CC(C)(C)C)cc21. The number of benzene rings is 1. The number of amides is 1. The number of fused-ring (bicyclic) bond motifs is 1. The predicted molar refractivity (Wildman–Crippen MR) is 140 cm³/mol. The van der Waals surface area contributed by atoms with Gasteiger partial charge in [0.15, 0.2) is 0 Å². The van der Waals surface area contributed by atoms with Gasteiger partial charge in [-0.1, -0.05) is 32.9 Å². The predicted octanol–water partition coefficient (Wildman–Crippen LogP) is 3.47. The van der Waals surface area contributed by atoms with E-state index >= 15 is 0 Å². The molecule has 3 atom stereocenters. The number of nitrogens with zero attached hydrogens (tertiary/aromatic N) is 1. The van der Waals surface area contributed by atoms with E-state index in [1.807, 2.05) is 6.20 Å². The highest BCUT2D eigenvalue weighted by molar-refractivity contribution is 5.73. The molecule has 1 amide bonds. The molecular weight excluding hydrogens is 473 g/mol. The van der Waals surface area contributed by atoms with Crippen molar-refractivity contribution in [3.63, 3.8) is 0 Å². The average molecular weight is 514 g/mol. The molecule has 1 fully saturated rings. The number of hydrogen-bond donors (Lipinski definition) is 4. The maximum Gasteiger partial charge on any atom is 0.218 e. The maximum atomic E-state index is 13.3. The van der Waals surface area contributed by atoms with Crippen LogP contribution in [-0.2, 0) is 17.6 Å². The summed E-state index contributed by atoms with van der Waals surface area (Å²) in [6, 6.07) is 7.62. The van der Waals surface area contributed by atoms with E-state index in [0.29, 0.717) is 18.7 Å². The van der Waals surface area contributed by atoms with Crippen molar-refractivity contribution in [3.8, 4) is 5.88 Å². The minimum absolute atomic E-state index is 0.0886. The molecule has 2 aliphatic rings. The van der Waals surface area contributed by atoms with Gasteiger partial charge < -0.3 is 25.6 Å². The Balaban J connectivity index is 1.51. The zero-order valence-electron chi connectivity index (χ0n) is 22.3. The number of ether oxygens (including phenoxy) is 1. The standard InChI is InChI=1S/C29H40FN3O4/c1-18(35)33-24(10-19-5-7-22(30)8-6-19)26(36)16-31-25-14-29(12-21(13-29)17-34)37-27-23(25)9-20(15-32-27)11-28(2,3)4/h5-9,15,21,24-26,31,34,36H,10-14,16-17H2,1-4H3,(H,33,35)/t21-,24-,25-,26+,29+/m0/s1. The van der Waals surface area contributed by atoms with Crippen molar-refractivity contribution >= 4 is 5.91 Å². The lowest BCUT2D eigenvalue weighted by Crippen LogP contribution is -2.55. The molecule has 0 saturated heterocycles. The summed E-state index contributed by atoms with van der Waals surface area (Å²) < 4.78 is 19.7. The third-order valence-corrected chi connectivity index (χ3v) is 7.31. The van der Waals surface area contributed by atoms with E-state index in [4.69, 9.17) is 4.74 Å². The molecular formula is C29H40FN3O4. The first kappa shape index (κ1) is 27.5. The quantitative estimate of drug-likeness (QED) is 0.410. The largest absolute Gasteiger partial charge is 0.471 e. The third kappa shape index (κ3) is 7.06. The summed E-state index contributed by atoms with van der Waals surface area (Å²) in [7, 11) is 0. The Bertz CT molecular complexity index is 1080. The molecule has 0 unspecified atom stereocenters. The van der Waals surface area contributed by atoms with Crippen LogP contribution in [0, 0.1) is 17.2 Å². The van der Waals surface area contributed by atoms with Gasteiger partial charge in [0, 0.05) is 44.3 Å². The van der Waals surface area contributed by atoms with E-state index in [2.05, 4.69) is 42.5 Å². The van der Waals surface area contributed by atoms with Gasteiger partial charge in [-0.3, -0.25) is 4.79 Å². The molecule has 8 heteroatoms. The normalized spacial score (nSPS) is 24.5. The lowest BCUT2D eigenvalue weighted by molar-refractivity contribution is -0.120. The summed E-state index contributed by atoms with van der Waals surface area (Å²) >= 11 is 0. The van der Waals surface area contributed by atoms with Crippen LogP contribution in [0.25, 0.3) is 0 Å². The third-order valence-electron chi connectivity index (χ3n) is 7.31. The van der Waals surface area contributed by atoms with Gasteiger partial charge in [0.1, 0.15) is 11.4 Å². The molecule has 7 nitrogen and oxygen atoms in total. The summed E-state index contributed by atoms with van der Waals surface area (Å²) in [6.45, 7) is 8.39. The van der Waals surface area contributed by atoms with E-state index in [1.165, 1.54) is 19.1 Å². The van der Waals surface area contributed by atoms with Crippen LogP contribution in [0.2, 0.25) is 0 Å². The molecule has 2 aromatic rings. The van der Waals surface area contributed by atoms with Gasteiger partial charge in [0.2, 0.25) is 11.8 Å². The number of aliphatic hydroxyl groups is 2. The Morgan fingerprint density at radius 2 is 1.92 bits per heavy atom. The van der Waals surface area contributed by atoms with Crippen molar-refractivity contribution in [1.29, 1.82) is 0 Å². The lowest BCUT2D eigenvalue weighted by atomic mass is 9.66. The van der Waals surface area contributed by atoms with Crippen LogP contribution in [0.3, 0.4) is 0 Å². The Labute approximate surface area is 218 Å². The summed E-state index contributed by atoms with van der Waals surface area (Å²) in [5.41, 5.74) is 2.68. The minimum atomic E-state index is -0.867. The zero-order valence-corrected chi connectivity index (χ0v) is 22.3. The first-order valence-corrected chi connectivity index (χ1v) is 13.2. The fraction of sp³-hybridized carbons (Fsp3) is 0.586. The number of halogens is 1. The van der Waals surface area contributed by atoms with E-state index < -0.39 is 12.1 Å². The average Bonchev–Trinajstić information content (AvgIpc) is 2.80. The molecule has 1 aromatic heterocycles. The Hall–Kier alpha value is -2.55. The molecule has 4 N–H and O–H groups in total. The Kier molecular flexibility index (Phi) is 8.21. The molecule has 1 aliphatic carbocycles. The highest BCUT2D eigenvalue weighted by atomic mass is 19.1. The van der Waals surface area contributed by atoms with Gasteiger partial charge in [-0.05, 0) is 66.3 Å².